The smallest absolute Gasteiger partial charge is 0.222 e. The van der Waals surface area contributed by atoms with Gasteiger partial charge in [-0.15, -0.1) is 0 Å². The number of carbonyl (C=O) groups excluding carboxylic acids is 1. The van der Waals surface area contributed by atoms with Gasteiger partial charge in [-0.2, -0.15) is 5.10 Å². The van der Waals surface area contributed by atoms with Crippen LogP contribution in [0, 0.1) is 31.6 Å². The summed E-state index contributed by atoms with van der Waals surface area (Å²) in [7, 11) is 0. The van der Waals surface area contributed by atoms with Crippen molar-refractivity contribution in [2.45, 2.75) is 65.5 Å². The topological polar surface area (TPSA) is 46.9 Å². The lowest BCUT2D eigenvalue weighted by molar-refractivity contribution is -0.122. The fraction of sp³-hybridized carbons (Fsp3) is 0.765. The monoisotopic (exact) mass is 367 g/mol. The van der Waals surface area contributed by atoms with Crippen LogP contribution < -0.4 is 5.32 Å². The number of hydrogen-bond donors (Lipinski definition) is 1. The number of rotatable bonds is 5. The number of nitrogens with one attached hydrogen (secondary N) is 1. The summed E-state index contributed by atoms with van der Waals surface area (Å²) in [5.74, 6) is 2.64. The summed E-state index contributed by atoms with van der Waals surface area (Å²) in [5.41, 5.74) is 2.07. The van der Waals surface area contributed by atoms with Crippen LogP contribution in [-0.2, 0) is 11.3 Å². The summed E-state index contributed by atoms with van der Waals surface area (Å²) in [6.07, 6.45) is 5.99. The molecule has 0 saturated heterocycles. The van der Waals surface area contributed by atoms with Gasteiger partial charge in [0.25, 0.3) is 0 Å². The zero-order chi connectivity index (χ0) is 15.9. The van der Waals surface area contributed by atoms with Gasteiger partial charge in [0.15, 0.2) is 0 Å². The lowest BCUT2D eigenvalue weighted by Crippen LogP contribution is -2.40. The van der Waals surface area contributed by atoms with Gasteiger partial charge >= 0.3 is 0 Å². The van der Waals surface area contributed by atoms with E-state index in [1.807, 2.05) is 18.5 Å². The second-order valence-electron chi connectivity index (χ2n) is 7.15. The first kappa shape index (κ1) is 16.0. The molecule has 1 amide bonds. The van der Waals surface area contributed by atoms with Gasteiger partial charge in [-0.3, -0.25) is 9.48 Å². The van der Waals surface area contributed by atoms with Crippen molar-refractivity contribution in [3.05, 3.63) is 15.9 Å². The second kappa shape index (κ2) is 6.34. The third-order valence-electron chi connectivity index (χ3n) is 5.67. The SMILES string of the molecule is Cc1nn(CCC(=O)N[C@@H](C)[C@@H]2C[C@H]3CC[C@H]2C3)c(C)c1Br. The molecule has 0 spiro atoms. The van der Waals surface area contributed by atoms with Crippen LogP contribution in [0.15, 0.2) is 4.47 Å². The van der Waals surface area contributed by atoms with Crippen LogP contribution in [0.4, 0.5) is 0 Å². The molecule has 2 aliphatic rings. The molecule has 1 aromatic heterocycles. The highest BCUT2D eigenvalue weighted by molar-refractivity contribution is 9.10. The van der Waals surface area contributed by atoms with Gasteiger partial charge in [-0.25, -0.2) is 0 Å². The van der Waals surface area contributed by atoms with Crippen molar-refractivity contribution in [2.24, 2.45) is 17.8 Å². The summed E-state index contributed by atoms with van der Waals surface area (Å²) in [6.45, 7) is 6.83. The van der Waals surface area contributed by atoms with Gasteiger partial charge in [0.2, 0.25) is 5.91 Å². The van der Waals surface area contributed by atoms with Gasteiger partial charge in [0.1, 0.15) is 0 Å². The number of halogens is 1. The van der Waals surface area contributed by atoms with Crippen LogP contribution in [0.25, 0.3) is 0 Å². The van der Waals surface area contributed by atoms with E-state index >= 15 is 0 Å². The van der Waals surface area contributed by atoms with Gasteiger partial charge in [0.05, 0.1) is 16.7 Å². The minimum Gasteiger partial charge on any atom is -0.353 e. The molecule has 0 aromatic carbocycles. The number of aryl methyl sites for hydroxylation is 2. The largest absolute Gasteiger partial charge is 0.353 e. The minimum absolute atomic E-state index is 0.152. The maximum atomic E-state index is 12.2. The molecule has 2 aliphatic carbocycles. The molecule has 1 aromatic rings. The predicted octanol–water partition coefficient (Wildman–Crippen LogP) is 3.59. The molecule has 122 valence electrons. The van der Waals surface area contributed by atoms with E-state index in [-0.39, 0.29) is 5.91 Å². The van der Waals surface area contributed by atoms with Crippen molar-refractivity contribution in [2.75, 3.05) is 0 Å². The second-order valence-corrected chi connectivity index (χ2v) is 7.95. The van der Waals surface area contributed by atoms with Crippen molar-refractivity contribution in [3.8, 4) is 0 Å². The minimum atomic E-state index is 0.152. The summed E-state index contributed by atoms with van der Waals surface area (Å²) in [4.78, 5) is 12.2. The molecule has 3 rings (SSSR count). The Morgan fingerprint density at radius 1 is 1.41 bits per heavy atom. The van der Waals surface area contributed by atoms with E-state index in [1.165, 1.54) is 25.7 Å². The maximum absolute atomic E-state index is 12.2. The van der Waals surface area contributed by atoms with Crippen LogP contribution in [0.3, 0.4) is 0 Å². The fourth-order valence-electron chi connectivity index (χ4n) is 4.44. The number of amides is 1. The molecule has 1 N–H and O–H groups in total. The van der Waals surface area contributed by atoms with Crippen LogP contribution in [-0.4, -0.2) is 21.7 Å². The van der Waals surface area contributed by atoms with E-state index in [0.29, 0.717) is 24.9 Å². The lowest BCUT2D eigenvalue weighted by Gasteiger charge is -2.28. The first-order chi connectivity index (χ1) is 10.5. The molecular formula is C17H26BrN3O. The van der Waals surface area contributed by atoms with Crippen molar-refractivity contribution in [1.82, 2.24) is 15.1 Å². The molecule has 4 atom stereocenters. The zero-order valence-electron chi connectivity index (χ0n) is 13.7. The molecule has 2 fully saturated rings. The number of hydrogen-bond acceptors (Lipinski definition) is 2. The van der Waals surface area contributed by atoms with E-state index in [0.717, 1.165) is 27.7 Å². The van der Waals surface area contributed by atoms with Gasteiger partial charge < -0.3 is 5.32 Å². The lowest BCUT2D eigenvalue weighted by atomic mass is 9.84. The van der Waals surface area contributed by atoms with Crippen LogP contribution >= 0.6 is 15.9 Å². The van der Waals surface area contributed by atoms with Crippen LogP contribution in [0.1, 0.15) is 50.4 Å². The molecule has 22 heavy (non-hydrogen) atoms. The summed E-state index contributed by atoms with van der Waals surface area (Å²) in [5, 5.41) is 7.69. The average Bonchev–Trinajstić information content (AvgIpc) is 3.17. The first-order valence-electron chi connectivity index (χ1n) is 8.44. The highest BCUT2D eigenvalue weighted by atomic mass is 79.9. The zero-order valence-corrected chi connectivity index (χ0v) is 15.3. The van der Waals surface area contributed by atoms with E-state index in [1.54, 1.807) is 0 Å². The highest BCUT2D eigenvalue weighted by Gasteiger charge is 2.42. The Morgan fingerprint density at radius 3 is 2.73 bits per heavy atom. The summed E-state index contributed by atoms with van der Waals surface area (Å²) < 4.78 is 2.96. The first-order valence-corrected chi connectivity index (χ1v) is 9.24. The third kappa shape index (κ3) is 3.10. The molecule has 2 bridgehead atoms. The molecule has 0 aliphatic heterocycles. The Kier molecular flexibility index (Phi) is 4.62. The Labute approximate surface area is 141 Å². The van der Waals surface area contributed by atoms with E-state index < -0.39 is 0 Å². The Morgan fingerprint density at radius 2 is 2.18 bits per heavy atom. The van der Waals surface area contributed by atoms with Gasteiger partial charge in [0, 0.05) is 18.2 Å². The van der Waals surface area contributed by atoms with E-state index in [9.17, 15) is 4.79 Å². The normalized spacial score (nSPS) is 28.1. The number of carbonyl (C=O) groups is 1. The quantitative estimate of drug-likeness (QED) is 0.863. The Hall–Kier alpha value is -0.840. The van der Waals surface area contributed by atoms with Crippen molar-refractivity contribution < 1.29 is 4.79 Å². The number of aromatic nitrogens is 2. The maximum Gasteiger partial charge on any atom is 0.222 e. The predicted molar refractivity (Wildman–Crippen MR) is 90.6 cm³/mol. The van der Waals surface area contributed by atoms with Gasteiger partial charge in [-0.1, -0.05) is 6.42 Å². The average molecular weight is 368 g/mol. The molecule has 5 heteroatoms. The van der Waals surface area contributed by atoms with Crippen LogP contribution in [0.2, 0.25) is 0 Å². The standard InChI is InChI=1S/C17H26BrN3O/c1-10(15-9-13-4-5-14(15)8-13)19-16(22)6-7-21-12(3)17(18)11(2)20-21/h10,13-15H,4-9H2,1-3H3,(H,19,22)/t10-,13-,14-,15-/m0/s1. The van der Waals surface area contributed by atoms with E-state index in [2.05, 4.69) is 33.3 Å². The summed E-state index contributed by atoms with van der Waals surface area (Å²) in [6, 6.07) is 0.315. The molecule has 1 heterocycles. The summed E-state index contributed by atoms with van der Waals surface area (Å²) >= 11 is 3.53. The Balaban J connectivity index is 1.49. The Bertz CT molecular complexity index is 568. The number of fused-ring (bicyclic) bond motifs is 2. The third-order valence-corrected chi connectivity index (χ3v) is 6.82. The number of nitrogens with zero attached hydrogens (tertiary/aromatic N) is 2. The van der Waals surface area contributed by atoms with Crippen molar-refractivity contribution in [1.29, 1.82) is 0 Å². The molecule has 0 unspecified atom stereocenters. The van der Waals surface area contributed by atoms with Crippen LogP contribution in [0.5, 0.6) is 0 Å². The molecular weight excluding hydrogens is 342 g/mol. The fourth-order valence-corrected chi connectivity index (χ4v) is 4.72. The van der Waals surface area contributed by atoms with Gasteiger partial charge in [-0.05, 0) is 73.7 Å². The van der Waals surface area contributed by atoms with Crippen molar-refractivity contribution in [3.63, 3.8) is 0 Å². The molecule has 2 saturated carbocycles. The highest BCUT2D eigenvalue weighted by Crippen LogP contribution is 2.49. The molecule has 0 radical (unpaired) electrons. The van der Waals surface area contributed by atoms with E-state index in [4.69, 9.17) is 0 Å². The molecule has 4 nitrogen and oxygen atoms in total. The van der Waals surface area contributed by atoms with Crippen molar-refractivity contribution >= 4 is 21.8 Å².